The summed E-state index contributed by atoms with van der Waals surface area (Å²) < 4.78 is 10.9. The van der Waals surface area contributed by atoms with Crippen molar-refractivity contribution < 1.29 is 14.3 Å². The number of amides is 1. The lowest BCUT2D eigenvalue weighted by atomic mass is 10.0. The van der Waals surface area contributed by atoms with Crippen molar-refractivity contribution in [3.63, 3.8) is 0 Å². The number of anilines is 1. The Kier molecular flexibility index (Phi) is 3.51. The molecular weight excluding hydrogens is 368 g/mol. The molecule has 0 aliphatic carbocycles. The molecule has 7 heteroatoms. The summed E-state index contributed by atoms with van der Waals surface area (Å²) >= 11 is 0. The Hall–Kier alpha value is -3.58. The van der Waals surface area contributed by atoms with Crippen LogP contribution in [0.25, 0.3) is 21.8 Å². The monoisotopic (exact) mass is 386 g/mol. The SMILES string of the molecule is O=C1Nc2nc3cc4c(cc3cc2CN[C@H]1Cc1c[nH]c2ccccc12)OCO4. The Bertz CT molecular complexity index is 1280. The van der Waals surface area contributed by atoms with Crippen LogP contribution in [0.1, 0.15) is 11.1 Å². The van der Waals surface area contributed by atoms with Gasteiger partial charge < -0.3 is 25.1 Å². The molecule has 7 nitrogen and oxygen atoms in total. The molecule has 0 fully saturated rings. The van der Waals surface area contributed by atoms with Gasteiger partial charge in [0.15, 0.2) is 11.5 Å². The average Bonchev–Trinajstić information content (AvgIpc) is 3.32. The van der Waals surface area contributed by atoms with Crippen molar-refractivity contribution in [3.8, 4) is 11.5 Å². The summed E-state index contributed by atoms with van der Waals surface area (Å²) in [4.78, 5) is 20.8. The Morgan fingerprint density at radius 1 is 1.10 bits per heavy atom. The number of para-hydroxylation sites is 1. The Labute approximate surface area is 166 Å². The number of pyridine rings is 1. The highest BCUT2D eigenvalue weighted by Gasteiger charge is 2.26. The Balaban J connectivity index is 1.32. The smallest absolute Gasteiger partial charge is 0.243 e. The van der Waals surface area contributed by atoms with Gasteiger partial charge in [0.2, 0.25) is 12.7 Å². The van der Waals surface area contributed by atoms with Gasteiger partial charge in [0.05, 0.1) is 11.6 Å². The van der Waals surface area contributed by atoms with Crippen molar-refractivity contribution in [3.05, 3.63) is 59.8 Å². The standard InChI is InChI=1S/C22H18N4O3/c27-22-18(6-13-9-23-16-4-2-1-3-15(13)16)24-10-14-5-12-7-19-20(29-11-28-19)8-17(12)25-21(14)26-22/h1-5,7-9,18,23-24H,6,10-11H2,(H,25,26,27)/t18-/m0/s1. The number of nitrogens with one attached hydrogen (secondary N) is 3. The van der Waals surface area contributed by atoms with Crippen molar-refractivity contribution in [1.29, 1.82) is 0 Å². The van der Waals surface area contributed by atoms with E-state index >= 15 is 0 Å². The minimum Gasteiger partial charge on any atom is -0.454 e. The first-order valence-electron chi connectivity index (χ1n) is 9.57. The zero-order valence-electron chi connectivity index (χ0n) is 15.5. The predicted octanol–water partition coefficient (Wildman–Crippen LogP) is 3.10. The first-order chi connectivity index (χ1) is 14.2. The van der Waals surface area contributed by atoms with Crippen LogP contribution in [0.2, 0.25) is 0 Å². The molecule has 2 aromatic heterocycles. The maximum Gasteiger partial charge on any atom is 0.243 e. The second kappa shape index (κ2) is 6.22. The molecule has 1 atom stereocenters. The number of aromatic amines is 1. The summed E-state index contributed by atoms with van der Waals surface area (Å²) in [6, 6.07) is 13.6. The van der Waals surface area contributed by atoms with Crippen LogP contribution in [0.5, 0.6) is 11.5 Å². The summed E-state index contributed by atoms with van der Waals surface area (Å²) in [5.74, 6) is 1.92. The molecular formula is C22H18N4O3. The van der Waals surface area contributed by atoms with Gasteiger partial charge in [-0.05, 0) is 30.2 Å². The summed E-state index contributed by atoms with van der Waals surface area (Å²) in [6.45, 7) is 0.775. The van der Waals surface area contributed by atoms with Crippen LogP contribution in [0.3, 0.4) is 0 Å². The van der Waals surface area contributed by atoms with Crippen molar-refractivity contribution in [2.75, 3.05) is 12.1 Å². The summed E-state index contributed by atoms with van der Waals surface area (Å²) in [7, 11) is 0. The zero-order chi connectivity index (χ0) is 19.4. The third-order valence-corrected chi connectivity index (χ3v) is 5.58. The number of nitrogens with zero attached hydrogens (tertiary/aromatic N) is 1. The van der Waals surface area contributed by atoms with E-state index < -0.39 is 0 Å². The predicted molar refractivity (Wildman–Crippen MR) is 109 cm³/mol. The maximum atomic E-state index is 12.9. The number of hydrogen-bond acceptors (Lipinski definition) is 5. The van der Waals surface area contributed by atoms with Gasteiger partial charge in [-0.3, -0.25) is 4.79 Å². The molecule has 4 aromatic rings. The second-order valence-electron chi connectivity index (χ2n) is 7.38. The molecule has 3 N–H and O–H groups in total. The van der Waals surface area contributed by atoms with Crippen LogP contribution in [0.15, 0.2) is 48.7 Å². The van der Waals surface area contributed by atoms with E-state index in [1.165, 1.54) is 0 Å². The molecule has 0 saturated heterocycles. The van der Waals surface area contributed by atoms with Crippen LogP contribution in [-0.4, -0.2) is 28.7 Å². The third-order valence-electron chi connectivity index (χ3n) is 5.58. The van der Waals surface area contributed by atoms with Crippen LogP contribution in [0, 0.1) is 0 Å². The second-order valence-corrected chi connectivity index (χ2v) is 7.38. The van der Waals surface area contributed by atoms with Gasteiger partial charge in [-0.1, -0.05) is 18.2 Å². The van der Waals surface area contributed by atoms with E-state index in [4.69, 9.17) is 9.47 Å². The molecule has 0 bridgehead atoms. The van der Waals surface area contributed by atoms with E-state index in [1.54, 1.807) is 0 Å². The van der Waals surface area contributed by atoms with E-state index in [0.29, 0.717) is 24.5 Å². The molecule has 4 heterocycles. The number of ether oxygens (including phenoxy) is 2. The Morgan fingerprint density at radius 2 is 1.97 bits per heavy atom. The molecule has 1 amide bonds. The molecule has 6 rings (SSSR count). The van der Waals surface area contributed by atoms with E-state index in [0.717, 1.165) is 38.7 Å². The lowest BCUT2D eigenvalue weighted by Crippen LogP contribution is -2.39. The van der Waals surface area contributed by atoms with Crippen molar-refractivity contribution in [2.24, 2.45) is 0 Å². The van der Waals surface area contributed by atoms with Gasteiger partial charge in [0.1, 0.15) is 5.82 Å². The highest BCUT2D eigenvalue weighted by atomic mass is 16.7. The molecule has 0 saturated carbocycles. The van der Waals surface area contributed by atoms with Gasteiger partial charge in [-0.15, -0.1) is 0 Å². The minimum atomic E-state index is -0.344. The fourth-order valence-electron chi connectivity index (χ4n) is 4.07. The first-order valence-corrected chi connectivity index (χ1v) is 9.57. The number of aromatic nitrogens is 2. The first kappa shape index (κ1) is 16.4. The maximum absolute atomic E-state index is 12.9. The molecule has 0 spiro atoms. The summed E-state index contributed by atoms with van der Waals surface area (Å²) in [5.41, 5.74) is 3.91. The summed E-state index contributed by atoms with van der Waals surface area (Å²) in [5, 5.41) is 8.48. The van der Waals surface area contributed by atoms with Crippen molar-refractivity contribution >= 4 is 33.5 Å². The number of benzene rings is 2. The van der Waals surface area contributed by atoms with Gasteiger partial charge in [0, 0.05) is 40.7 Å². The molecule has 2 aliphatic rings. The fraction of sp³-hybridized carbons (Fsp3) is 0.182. The van der Waals surface area contributed by atoms with Gasteiger partial charge in [-0.2, -0.15) is 0 Å². The molecule has 144 valence electrons. The quantitative estimate of drug-likeness (QED) is 0.493. The van der Waals surface area contributed by atoms with E-state index in [9.17, 15) is 4.79 Å². The van der Waals surface area contributed by atoms with Gasteiger partial charge >= 0.3 is 0 Å². The highest BCUT2D eigenvalue weighted by Crippen LogP contribution is 2.36. The van der Waals surface area contributed by atoms with Crippen LogP contribution < -0.4 is 20.1 Å². The van der Waals surface area contributed by atoms with Crippen molar-refractivity contribution in [1.82, 2.24) is 15.3 Å². The lowest BCUT2D eigenvalue weighted by Gasteiger charge is -2.13. The number of fused-ring (bicyclic) bond motifs is 4. The molecule has 0 unspecified atom stereocenters. The number of H-pyrrole nitrogens is 1. The summed E-state index contributed by atoms with van der Waals surface area (Å²) in [6.07, 6.45) is 2.57. The molecule has 29 heavy (non-hydrogen) atoms. The lowest BCUT2D eigenvalue weighted by molar-refractivity contribution is -0.118. The van der Waals surface area contributed by atoms with Crippen LogP contribution in [-0.2, 0) is 17.8 Å². The van der Waals surface area contributed by atoms with Crippen LogP contribution in [0.4, 0.5) is 5.82 Å². The van der Waals surface area contributed by atoms with Crippen LogP contribution >= 0.6 is 0 Å². The highest BCUT2D eigenvalue weighted by molar-refractivity contribution is 5.98. The number of carbonyl (C=O) groups excluding carboxylic acids is 1. The van der Waals surface area contributed by atoms with Crippen molar-refractivity contribution in [2.45, 2.75) is 19.0 Å². The topological polar surface area (TPSA) is 88.3 Å². The van der Waals surface area contributed by atoms with E-state index in [-0.39, 0.29) is 18.7 Å². The largest absolute Gasteiger partial charge is 0.454 e. The number of rotatable bonds is 2. The zero-order valence-corrected chi connectivity index (χ0v) is 15.5. The molecule has 2 aliphatic heterocycles. The minimum absolute atomic E-state index is 0.0818. The third kappa shape index (κ3) is 2.70. The number of hydrogen-bond donors (Lipinski definition) is 3. The number of carbonyl (C=O) groups is 1. The van der Waals surface area contributed by atoms with Gasteiger partial charge in [0.25, 0.3) is 0 Å². The van der Waals surface area contributed by atoms with E-state index in [1.807, 2.05) is 42.6 Å². The van der Waals surface area contributed by atoms with E-state index in [2.05, 4.69) is 26.7 Å². The van der Waals surface area contributed by atoms with Gasteiger partial charge in [-0.25, -0.2) is 4.98 Å². The fourth-order valence-corrected chi connectivity index (χ4v) is 4.07. The molecule has 2 aromatic carbocycles. The average molecular weight is 386 g/mol. The Morgan fingerprint density at radius 3 is 2.90 bits per heavy atom. The molecule has 0 radical (unpaired) electrons. The normalized spacial score (nSPS) is 17.9.